The highest BCUT2D eigenvalue weighted by Crippen LogP contribution is 2.33. The zero-order valence-corrected chi connectivity index (χ0v) is 13.4. The second-order valence-corrected chi connectivity index (χ2v) is 6.33. The zero-order chi connectivity index (χ0) is 15.4. The van der Waals surface area contributed by atoms with Crippen molar-refractivity contribution in [2.45, 2.75) is 44.3 Å². The van der Waals surface area contributed by atoms with Crippen LogP contribution in [0.25, 0.3) is 0 Å². The van der Waals surface area contributed by atoms with Crippen LogP contribution in [0.15, 0.2) is 24.3 Å². The van der Waals surface area contributed by atoms with Gasteiger partial charge in [-0.3, -0.25) is 4.90 Å². The summed E-state index contributed by atoms with van der Waals surface area (Å²) in [6.45, 7) is 4.09. The van der Waals surface area contributed by atoms with Crippen LogP contribution >= 0.6 is 0 Å². The van der Waals surface area contributed by atoms with E-state index in [0.717, 1.165) is 25.1 Å². The van der Waals surface area contributed by atoms with Crippen molar-refractivity contribution in [2.75, 3.05) is 27.2 Å². The van der Waals surface area contributed by atoms with Gasteiger partial charge in [0.25, 0.3) is 0 Å². The first-order chi connectivity index (χ1) is 10.0. The molecule has 0 spiro atoms. The van der Waals surface area contributed by atoms with Crippen LogP contribution in [0, 0.1) is 5.82 Å². The Hall–Kier alpha value is -0.970. The molecule has 1 aliphatic rings. The summed E-state index contributed by atoms with van der Waals surface area (Å²) in [7, 11) is 4.18. The number of hydrogen-bond acceptors (Lipinski definition) is 3. The van der Waals surface area contributed by atoms with E-state index < -0.39 is 0 Å². The van der Waals surface area contributed by atoms with Crippen molar-refractivity contribution in [2.24, 2.45) is 5.73 Å². The van der Waals surface area contributed by atoms with Crippen LogP contribution in [0.3, 0.4) is 0 Å². The Bertz CT molecular complexity index is 449. The number of likely N-dealkylation sites (tertiary alicyclic amines) is 1. The number of halogens is 1. The summed E-state index contributed by atoms with van der Waals surface area (Å²) in [6.07, 6.45) is 3.18. The lowest BCUT2D eigenvalue weighted by atomic mass is 9.95. The Morgan fingerprint density at radius 1 is 1.38 bits per heavy atom. The number of nitrogens with two attached hydrogens (primary N) is 1. The summed E-state index contributed by atoms with van der Waals surface area (Å²) in [5.74, 6) is -0.137. The maximum absolute atomic E-state index is 14.3. The standard InChI is InChI=1S/C17H28FN3/c1-4-16(19)17(14-9-5-6-10-15(14)18)21-11-7-8-13(21)12-20(2)3/h5-6,9-10,13,16-17H,4,7-8,11-12,19H2,1-3H3. The van der Waals surface area contributed by atoms with Crippen molar-refractivity contribution >= 4 is 0 Å². The van der Waals surface area contributed by atoms with Crippen molar-refractivity contribution in [3.8, 4) is 0 Å². The van der Waals surface area contributed by atoms with Gasteiger partial charge in [0.2, 0.25) is 0 Å². The smallest absolute Gasteiger partial charge is 0.128 e. The lowest BCUT2D eigenvalue weighted by Crippen LogP contribution is -2.46. The van der Waals surface area contributed by atoms with Gasteiger partial charge in [-0.05, 0) is 46.0 Å². The van der Waals surface area contributed by atoms with Crippen molar-refractivity contribution in [1.29, 1.82) is 0 Å². The highest BCUT2D eigenvalue weighted by atomic mass is 19.1. The Morgan fingerprint density at radius 3 is 2.71 bits per heavy atom. The van der Waals surface area contributed by atoms with E-state index in [0.29, 0.717) is 6.04 Å². The van der Waals surface area contributed by atoms with E-state index in [-0.39, 0.29) is 17.9 Å². The lowest BCUT2D eigenvalue weighted by Gasteiger charge is -2.38. The molecule has 21 heavy (non-hydrogen) atoms. The van der Waals surface area contributed by atoms with Crippen LogP contribution in [0.4, 0.5) is 4.39 Å². The second-order valence-electron chi connectivity index (χ2n) is 6.33. The first-order valence-electron chi connectivity index (χ1n) is 7.95. The molecule has 1 heterocycles. The monoisotopic (exact) mass is 293 g/mol. The fourth-order valence-corrected chi connectivity index (χ4v) is 3.44. The van der Waals surface area contributed by atoms with Gasteiger partial charge in [-0.15, -0.1) is 0 Å². The van der Waals surface area contributed by atoms with Crippen LogP contribution in [-0.2, 0) is 0 Å². The van der Waals surface area contributed by atoms with Crippen molar-refractivity contribution in [1.82, 2.24) is 9.80 Å². The minimum Gasteiger partial charge on any atom is -0.326 e. The van der Waals surface area contributed by atoms with E-state index in [1.807, 2.05) is 12.1 Å². The van der Waals surface area contributed by atoms with E-state index in [9.17, 15) is 4.39 Å². The van der Waals surface area contributed by atoms with Crippen molar-refractivity contribution in [3.63, 3.8) is 0 Å². The molecule has 0 aromatic heterocycles. The molecular weight excluding hydrogens is 265 g/mol. The Labute approximate surface area is 127 Å². The maximum Gasteiger partial charge on any atom is 0.128 e. The summed E-state index contributed by atoms with van der Waals surface area (Å²) in [5, 5.41) is 0. The highest BCUT2D eigenvalue weighted by Gasteiger charge is 2.35. The van der Waals surface area contributed by atoms with E-state index in [2.05, 4.69) is 30.8 Å². The van der Waals surface area contributed by atoms with Gasteiger partial charge in [0, 0.05) is 24.2 Å². The third kappa shape index (κ3) is 3.82. The topological polar surface area (TPSA) is 32.5 Å². The third-order valence-corrected chi connectivity index (χ3v) is 4.46. The van der Waals surface area contributed by atoms with Crippen LogP contribution in [0.2, 0.25) is 0 Å². The van der Waals surface area contributed by atoms with Gasteiger partial charge in [0.15, 0.2) is 0 Å². The molecule has 118 valence electrons. The van der Waals surface area contributed by atoms with Gasteiger partial charge in [-0.2, -0.15) is 0 Å². The molecule has 1 aromatic carbocycles. The molecule has 1 aliphatic heterocycles. The quantitative estimate of drug-likeness (QED) is 0.875. The predicted molar refractivity (Wildman–Crippen MR) is 85.7 cm³/mol. The Balaban J connectivity index is 2.30. The number of rotatable bonds is 6. The first-order valence-corrected chi connectivity index (χ1v) is 7.95. The molecule has 3 unspecified atom stereocenters. The average molecular weight is 293 g/mol. The van der Waals surface area contributed by atoms with Gasteiger partial charge in [-0.1, -0.05) is 25.1 Å². The molecule has 0 radical (unpaired) electrons. The lowest BCUT2D eigenvalue weighted by molar-refractivity contribution is 0.129. The van der Waals surface area contributed by atoms with E-state index >= 15 is 0 Å². The fourth-order valence-electron chi connectivity index (χ4n) is 3.44. The molecule has 1 saturated heterocycles. The molecule has 2 rings (SSSR count). The number of benzene rings is 1. The predicted octanol–water partition coefficient (Wildman–Crippen LogP) is 2.63. The van der Waals surface area contributed by atoms with Crippen molar-refractivity contribution < 1.29 is 4.39 Å². The summed E-state index contributed by atoms with van der Waals surface area (Å²) in [6, 6.07) is 7.48. The maximum atomic E-state index is 14.3. The molecular formula is C17H28FN3. The van der Waals surface area contributed by atoms with Crippen LogP contribution in [0.1, 0.15) is 37.8 Å². The molecule has 1 aromatic rings. The van der Waals surface area contributed by atoms with Gasteiger partial charge in [0.1, 0.15) is 5.82 Å². The Kier molecular flexibility index (Phi) is 5.73. The Morgan fingerprint density at radius 2 is 2.10 bits per heavy atom. The largest absolute Gasteiger partial charge is 0.326 e. The van der Waals surface area contributed by atoms with E-state index in [4.69, 9.17) is 5.73 Å². The van der Waals surface area contributed by atoms with E-state index in [1.165, 1.54) is 12.8 Å². The fraction of sp³-hybridized carbons (Fsp3) is 0.647. The molecule has 0 aliphatic carbocycles. The average Bonchev–Trinajstić information content (AvgIpc) is 2.88. The van der Waals surface area contributed by atoms with Crippen LogP contribution < -0.4 is 5.73 Å². The summed E-state index contributed by atoms with van der Waals surface area (Å²) < 4.78 is 14.3. The van der Waals surface area contributed by atoms with Gasteiger partial charge in [0.05, 0.1) is 6.04 Å². The number of likely N-dealkylation sites (N-methyl/N-ethyl adjacent to an activating group) is 1. The molecule has 3 nitrogen and oxygen atoms in total. The minimum absolute atomic E-state index is 0.0244. The summed E-state index contributed by atoms with van der Waals surface area (Å²) >= 11 is 0. The molecule has 1 fully saturated rings. The summed E-state index contributed by atoms with van der Waals surface area (Å²) in [4.78, 5) is 4.63. The molecule has 2 N–H and O–H groups in total. The molecule has 0 saturated carbocycles. The summed E-state index contributed by atoms with van der Waals surface area (Å²) in [5.41, 5.74) is 7.12. The third-order valence-electron chi connectivity index (χ3n) is 4.46. The van der Waals surface area contributed by atoms with Gasteiger partial charge >= 0.3 is 0 Å². The first kappa shape index (κ1) is 16.4. The van der Waals surface area contributed by atoms with Crippen molar-refractivity contribution in [3.05, 3.63) is 35.6 Å². The molecule has 0 bridgehead atoms. The zero-order valence-electron chi connectivity index (χ0n) is 13.4. The molecule has 4 heteroatoms. The second kappa shape index (κ2) is 7.34. The highest BCUT2D eigenvalue weighted by molar-refractivity contribution is 5.23. The number of hydrogen-bond donors (Lipinski definition) is 1. The van der Waals surface area contributed by atoms with E-state index in [1.54, 1.807) is 12.1 Å². The van der Waals surface area contributed by atoms with Gasteiger partial charge < -0.3 is 10.6 Å². The minimum atomic E-state index is -0.137. The normalized spacial score (nSPS) is 22.7. The molecule has 3 atom stereocenters. The SMILES string of the molecule is CCC(N)C(c1ccccc1F)N1CCCC1CN(C)C. The number of nitrogens with zero attached hydrogens (tertiary/aromatic N) is 2. The molecule has 0 amide bonds. The van der Waals surface area contributed by atoms with Crippen LogP contribution in [-0.4, -0.2) is 49.1 Å². The van der Waals surface area contributed by atoms with Crippen LogP contribution in [0.5, 0.6) is 0 Å². The van der Waals surface area contributed by atoms with Gasteiger partial charge in [-0.25, -0.2) is 4.39 Å².